The molecule has 0 spiro atoms. The van der Waals surface area contributed by atoms with Crippen molar-refractivity contribution in [3.05, 3.63) is 77.2 Å². The van der Waals surface area contributed by atoms with Crippen LogP contribution in [0.1, 0.15) is 34.2 Å². The molecule has 2 atom stereocenters. The number of benzene rings is 1. The minimum absolute atomic E-state index is 0.0349. The highest BCUT2D eigenvalue weighted by molar-refractivity contribution is 5.92. The lowest BCUT2D eigenvalue weighted by Gasteiger charge is -2.28. The number of likely N-dealkylation sites (N-methyl/N-ethyl adjacent to an activating group) is 1. The van der Waals surface area contributed by atoms with Crippen molar-refractivity contribution in [2.24, 2.45) is 0 Å². The molecule has 1 aliphatic heterocycles. The molecule has 0 saturated heterocycles. The zero-order valence-corrected chi connectivity index (χ0v) is 16.6. The van der Waals surface area contributed by atoms with Crippen LogP contribution in [0.25, 0.3) is 0 Å². The number of carbonyl (C=O) groups is 1. The molecule has 3 aromatic rings. The molecule has 0 fully saturated rings. The standard InChI is InChI=1S/C22H25N5O2/c1-15-11-17-9-6-10-23-21(17)27(2)20(29-15)14-24-22(28)19-13-18(25-26-19)12-16-7-4-3-5-8-16/h3-10,13,15,20H,11-12,14H2,1-2H3,(H,24,28)(H,25,26). The molecule has 7 heteroatoms. The van der Waals surface area contributed by atoms with E-state index >= 15 is 0 Å². The number of nitrogens with zero attached hydrogens (tertiary/aromatic N) is 3. The first-order chi connectivity index (χ1) is 14.1. The van der Waals surface area contributed by atoms with E-state index in [1.807, 2.05) is 55.3 Å². The Morgan fingerprint density at radius 1 is 1.28 bits per heavy atom. The number of H-pyrrole nitrogens is 1. The van der Waals surface area contributed by atoms with Crippen LogP contribution in [0.15, 0.2) is 54.7 Å². The molecule has 0 bridgehead atoms. The highest BCUT2D eigenvalue weighted by Crippen LogP contribution is 2.25. The Kier molecular flexibility index (Phi) is 5.57. The molecule has 1 aliphatic rings. The number of aromatic nitrogens is 3. The molecule has 7 nitrogen and oxygen atoms in total. The van der Waals surface area contributed by atoms with Crippen molar-refractivity contribution in [2.45, 2.75) is 32.1 Å². The molecule has 1 amide bonds. The molecule has 0 aliphatic carbocycles. The van der Waals surface area contributed by atoms with Crippen LogP contribution in [0.2, 0.25) is 0 Å². The van der Waals surface area contributed by atoms with Gasteiger partial charge in [0.1, 0.15) is 17.7 Å². The van der Waals surface area contributed by atoms with Gasteiger partial charge in [0.2, 0.25) is 0 Å². The minimum Gasteiger partial charge on any atom is -0.353 e. The maximum absolute atomic E-state index is 12.6. The van der Waals surface area contributed by atoms with Crippen LogP contribution in [0.5, 0.6) is 0 Å². The molecule has 2 aromatic heterocycles. The highest BCUT2D eigenvalue weighted by atomic mass is 16.5. The fourth-order valence-electron chi connectivity index (χ4n) is 3.60. The number of anilines is 1. The van der Waals surface area contributed by atoms with E-state index in [4.69, 9.17) is 4.74 Å². The van der Waals surface area contributed by atoms with Crippen molar-refractivity contribution in [3.63, 3.8) is 0 Å². The van der Waals surface area contributed by atoms with Gasteiger partial charge < -0.3 is 15.0 Å². The lowest BCUT2D eigenvalue weighted by atomic mass is 10.1. The SMILES string of the molecule is CC1Cc2cccnc2N(C)C(CNC(=O)c2cc(Cc3ccccc3)[nH]n2)O1. The van der Waals surface area contributed by atoms with Crippen molar-refractivity contribution in [2.75, 3.05) is 18.5 Å². The summed E-state index contributed by atoms with van der Waals surface area (Å²) >= 11 is 0. The van der Waals surface area contributed by atoms with E-state index in [-0.39, 0.29) is 18.2 Å². The summed E-state index contributed by atoms with van der Waals surface area (Å²) in [6.45, 7) is 2.38. The average molecular weight is 391 g/mol. The van der Waals surface area contributed by atoms with Gasteiger partial charge in [-0.1, -0.05) is 36.4 Å². The molecule has 2 N–H and O–H groups in total. The van der Waals surface area contributed by atoms with Gasteiger partial charge >= 0.3 is 0 Å². The fourth-order valence-corrected chi connectivity index (χ4v) is 3.60. The summed E-state index contributed by atoms with van der Waals surface area (Å²) < 4.78 is 6.12. The minimum atomic E-state index is -0.298. The van der Waals surface area contributed by atoms with Gasteiger partial charge in [0.05, 0.1) is 12.6 Å². The van der Waals surface area contributed by atoms with Gasteiger partial charge in [-0.2, -0.15) is 5.10 Å². The van der Waals surface area contributed by atoms with Gasteiger partial charge in [-0.15, -0.1) is 0 Å². The molecule has 1 aromatic carbocycles. The Morgan fingerprint density at radius 2 is 2.10 bits per heavy atom. The number of hydrogen-bond acceptors (Lipinski definition) is 5. The Morgan fingerprint density at radius 3 is 2.93 bits per heavy atom. The molecule has 29 heavy (non-hydrogen) atoms. The highest BCUT2D eigenvalue weighted by Gasteiger charge is 2.27. The van der Waals surface area contributed by atoms with Gasteiger partial charge in [0, 0.05) is 31.8 Å². The second-order valence-electron chi connectivity index (χ2n) is 7.35. The average Bonchev–Trinajstić information content (AvgIpc) is 3.15. The second kappa shape index (κ2) is 8.45. The molecular weight excluding hydrogens is 366 g/mol. The topological polar surface area (TPSA) is 83.1 Å². The summed E-state index contributed by atoms with van der Waals surface area (Å²) in [5, 5.41) is 10.0. The Hall–Kier alpha value is -3.19. The van der Waals surface area contributed by atoms with Crippen LogP contribution in [0, 0.1) is 0 Å². The first-order valence-corrected chi connectivity index (χ1v) is 9.79. The molecule has 150 valence electrons. The van der Waals surface area contributed by atoms with Crippen LogP contribution in [0.3, 0.4) is 0 Å². The van der Waals surface area contributed by atoms with E-state index in [1.54, 1.807) is 12.3 Å². The molecule has 4 rings (SSSR count). The van der Waals surface area contributed by atoms with Gasteiger partial charge in [-0.25, -0.2) is 4.98 Å². The monoisotopic (exact) mass is 391 g/mol. The zero-order valence-electron chi connectivity index (χ0n) is 16.6. The molecule has 0 radical (unpaired) electrons. The van der Waals surface area contributed by atoms with E-state index in [0.29, 0.717) is 18.7 Å². The summed E-state index contributed by atoms with van der Waals surface area (Å²) in [6, 6.07) is 15.9. The van der Waals surface area contributed by atoms with E-state index in [9.17, 15) is 4.79 Å². The van der Waals surface area contributed by atoms with E-state index < -0.39 is 0 Å². The third kappa shape index (κ3) is 4.46. The van der Waals surface area contributed by atoms with Crippen molar-refractivity contribution < 1.29 is 9.53 Å². The Labute approximate surface area is 170 Å². The van der Waals surface area contributed by atoms with Gasteiger partial charge in [-0.05, 0) is 30.2 Å². The zero-order chi connectivity index (χ0) is 20.2. The summed E-state index contributed by atoms with van der Waals surface area (Å²) in [7, 11) is 1.94. The van der Waals surface area contributed by atoms with Crippen molar-refractivity contribution >= 4 is 11.7 Å². The van der Waals surface area contributed by atoms with Crippen LogP contribution in [-0.2, 0) is 17.6 Å². The maximum Gasteiger partial charge on any atom is 0.271 e. The Balaban J connectivity index is 1.39. The third-order valence-electron chi connectivity index (χ3n) is 5.07. The lowest BCUT2D eigenvalue weighted by Crippen LogP contribution is -2.44. The van der Waals surface area contributed by atoms with Crippen molar-refractivity contribution in [1.82, 2.24) is 20.5 Å². The smallest absolute Gasteiger partial charge is 0.271 e. The number of amides is 1. The van der Waals surface area contributed by atoms with Crippen LogP contribution in [-0.4, -0.2) is 47.0 Å². The molecule has 2 unspecified atom stereocenters. The second-order valence-corrected chi connectivity index (χ2v) is 7.35. The van der Waals surface area contributed by atoms with E-state index in [2.05, 4.69) is 26.6 Å². The normalized spacial score (nSPS) is 18.8. The Bertz CT molecular complexity index is 972. The summed E-state index contributed by atoms with van der Waals surface area (Å²) in [6.07, 6.45) is 3.01. The number of rotatable bonds is 5. The first-order valence-electron chi connectivity index (χ1n) is 9.79. The summed E-state index contributed by atoms with van der Waals surface area (Å²) in [5.41, 5.74) is 3.58. The number of nitrogens with one attached hydrogen (secondary N) is 2. The fraction of sp³-hybridized carbons (Fsp3) is 0.318. The predicted molar refractivity (Wildman–Crippen MR) is 111 cm³/mol. The number of fused-ring (bicyclic) bond motifs is 1. The molecule has 0 saturated carbocycles. The predicted octanol–water partition coefficient (Wildman–Crippen LogP) is 2.55. The number of ether oxygens (including phenoxy) is 1. The lowest BCUT2D eigenvalue weighted by molar-refractivity contribution is 0.00467. The first kappa shape index (κ1) is 19.1. The molecule has 3 heterocycles. The number of pyridine rings is 1. The largest absolute Gasteiger partial charge is 0.353 e. The van der Waals surface area contributed by atoms with E-state index in [0.717, 1.165) is 29.1 Å². The maximum atomic E-state index is 12.6. The van der Waals surface area contributed by atoms with E-state index in [1.165, 1.54) is 0 Å². The summed E-state index contributed by atoms with van der Waals surface area (Å²) in [5.74, 6) is 0.664. The number of carbonyl (C=O) groups excluding carboxylic acids is 1. The number of aromatic amines is 1. The number of hydrogen-bond donors (Lipinski definition) is 2. The van der Waals surface area contributed by atoms with Gasteiger partial charge in [0.25, 0.3) is 5.91 Å². The van der Waals surface area contributed by atoms with Gasteiger partial charge in [0.15, 0.2) is 0 Å². The van der Waals surface area contributed by atoms with Crippen molar-refractivity contribution in [1.29, 1.82) is 0 Å². The van der Waals surface area contributed by atoms with Crippen molar-refractivity contribution in [3.8, 4) is 0 Å². The summed E-state index contributed by atoms with van der Waals surface area (Å²) in [4.78, 5) is 19.1. The van der Waals surface area contributed by atoms with Crippen LogP contribution >= 0.6 is 0 Å². The quantitative estimate of drug-likeness (QED) is 0.698. The van der Waals surface area contributed by atoms with Gasteiger partial charge in [-0.3, -0.25) is 9.89 Å². The van der Waals surface area contributed by atoms with Crippen LogP contribution in [0.4, 0.5) is 5.82 Å². The van der Waals surface area contributed by atoms with Crippen LogP contribution < -0.4 is 10.2 Å². The molecular formula is C22H25N5O2. The third-order valence-corrected chi connectivity index (χ3v) is 5.07.